The summed E-state index contributed by atoms with van der Waals surface area (Å²) in [6.45, 7) is 0. The zero-order chi connectivity index (χ0) is 28.6. The summed E-state index contributed by atoms with van der Waals surface area (Å²) in [6, 6.07) is 54.6. The molecular formula is C39H26N4. The average Bonchev–Trinajstić information content (AvgIpc) is 3.43. The molecule has 8 aromatic rings. The van der Waals surface area contributed by atoms with Crippen molar-refractivity contribution in [3.8, 4) is 51.0 Å². The predicted molar refractivity (Wildman–Crippen MR) is 176 cm³/mol. The molecule has 202 valence electrons. The van der Waals surface area contributed by atoms with Crippen molar-refractivity contribution in [1.29, 1.82) is 0 Å². The van der Waals surface area contributed by atoms with Gasteiger partial charge in [-0.15, -0.1) is 0 Å². The second kappa shape index (κ2) is 10.5. The van der Waals surface area contributed by atoms with E-state index in [1.54, 1.807) is 0 Å². The summed E-state index contributed by atoms with van der Waals surface area (Å²) >= 11 is 0. The molecule has 2 aromatic heterocycles. The van der Waals surface area contributed by atoms with Crippen LogP contribution in [0.2, 0.25) is 0 Å². The van der Waals surface area contributed by atoms with Crippen molar-refractivity contribution in [3.63, 3.8) is 0 Å². The van der Waals surface area contributed by atoms with E-state index in [-0.39, 0.29) is 0 Å². The Bertz CT molecular complexity index is 2110. The number of aromatic nitrogens is 4. The predicted octanol–water partition coefficient (Wildman–Crippen LogP) is 9.64. The van der Waals surface area contributed by atoms with Gasteiger partial charge in [-0.1, -0.05) is 133 Å². The minimum Gasteiger partial charge on any atom is -0.309 e. The molecule has 0 amide bonds. The maximum atomic E-state index is 4.88. The first kappa shape index (κ1) is 24.9. The molecule has 8 rings (SSSR count). The van der Waals surface area contributed by atoms with Crippen molar-refractivity contribution < 1.29 is 0 Å². The maximum absolute atomic E-state index is 4.88. The summed E-state index contributed by atoms with van der Waals surface area (Å²) in [5.41, 5.74) is 8.69. The summed E-state index contributed by atoms with van der Waals surface area (Å²) in [5.74, 6) is 1.97. The third kappa shape index (κ3) is 4.55. The van der Waals surface area contributed by atoms with Gasteiger partial charge in [0.2, 0.25) is 0 Å². The highest BCUT2D eigenvalue weighted by Crippen LogP contribution is 2.33. The Kier molecular flexibility index (Phi) is 6.08. The van der Waals surface area contributed by atoms with E-state index >= 15 is 0 Å². The fraction of sp³-hybridized carbons (Fsp3) is 0. The molecule has 0 unspecified atom stereocenters. The molecule has 2 heterocycles. The van der Waals surface area contributed by atoms with Gasteiger partial charge in [-0.2, -0.15) is 0 Å². The Morgan fingerprint density at radius 1 is 0.326 bits per heavy atom. The highest BCUT2D eigenvalue weighted by atomic mass is 15.0. The first-order chi connectivity index (χ1) is 21.3. The van der Waals surface area contributed by atoms with E-state index in [0.29, 0.717) is 17.5 Å². The van der Waals surface area contributed by atoms with Crippen LogP contribution >= 0.6 is 0 Å². The summed E-state index contributed by atoms with van der Waals surface area (Å²) < 4.78 is 2.35. The quantitative estimate of drug-likeness (QED) is 0.214. The van der Waals surface area contributed by atoms with Gasteiger partial charge in [-0.3, -0.25) is 0 Å². The Morgan fingerprint density at radius 3 is 1.28 bits per heavy atom. The van der Waals surface area contributed by atoms with E-state index < -0.39 is 0 Å². The second-order valence-corrected chi connectivity index (χ2v) is 10.5. The van der Waals surface area contributed by atoms with Crippen molar-refractivity contribution >= 4 is 21.8 Å². The van der Waals surface area contributed by atoms with Crippen LogP contribution in [0.1, 0.15) is 0 Å². The van der Waals surface area contributed by atoms with Gasteiger partial charge < -0.3 is 4.57 Å². The molecule has 0 spiro atoms. The second-order valence-electron chi connectivity index (χ2n) is 10.5. The van der Waals surface area contributed by atoms with E-state index in [4.69, 9.17) is 15.0 Å². The first-order valence-corrected chi connectivity index (χ1v) is 14.4. The number of fused-ring (bicyclic) bond motifs is 3. The van der Waals surface area contributed by atoms with Crippen LogP contribution in [0.15, 0.2) is 158 Å². The van der Waals surface area contributed by atoms with Crippen molar-refractivity contribution in [1.82, 2.24) is 19.5 Å². The largest absolute Gasteiger partial charge is 0.309 e. The number of hydrogen-bond acceptors (Lipinski definition) is 3. The van der Waals surface area contributed by atoms with Gasteiger partial charge >= 0.3 is 0 Å². The molecule has 0 aliphatic rings. The van der Waals surface area contributed by atoms with Crippen molar-refractivity contribution in [3.05, 3.63) is 158 Å². The van der Waals surface area contributed by atoms with Gasteiger partial charge in [-0.05, 0) is 35.4 Å². The fourth-order valence-electron chi connectivity index (χ4n) is 5.77. The molecule has 0 saturated carbocycles. The molecule has 6 aromatic carbocycles. The summed E-state index contributed by atoms with van der Waals surface area (Å²) in [5, 5.41) is 2.52. The maximum Gasteiger partial charge on any atom is 0.164 e. The van der Waals surface area contributed by atoms with Crippen LogP contribution in [0.3, 0.4) is 0 Å². The topological polar surface area (TPSA) is 43.6 Å². The van der Waals surface area contributed by atoms with Crippen LogP contribution < -0.4 is 0 Å². The van der Waals surface area contributed by atoms with Crippen molar-refractivity contribution in [2.24, 2.45) is 0 Å². The number of benzene rings is 6. The van der Waals surface area contributed by atoms with E-state index in [1.165, 1.54) is 21.8 Å². The van der Waals surface area contributed by atoms with Crippen LogP contribution in [-0.2, 0) is 0 Å². The lowest BCUT2D eigenvalue weighted by molar-refractivity contribution is 1.07. The minimum absolute atomic E-state index is 0.651. The molecule has 0 aliphatic heterocycles. The molecule has 0 saturated heterocycles. The Labute approximate surface area is 249 Å². The lowest BCUT2D eigenvalue weighted by Gasteiger charge is -2.11. The monoisotopic (exact) mass is 550 g/mol. The van der Waals surface area contributed by atoms with Gasteiger partial charge in [-0.25, -0.2) is 15.0 Å². The summed E-state index contributed by atoms with van der Waals surface area (Å²) in [4.78, 5) is 14.6. The van der Waals surface area contributed by atoms with Crippen LogP contribution in [0.25, 0.3) is 72.8 Å². The van der Waals surface area contributed by atoms with Gasteiger partial charge in [0.05, 0.1) is 11.0 Å². The molecule has 43 heavy (non-hydrogen) atoms. The summed E-state index contributed by atoms with van der Waals surface area (Å²) in [6.07, 6.45) is 0. The van der Waals surface area contributed by atoms with Gasteiger partial charge in [0, 0.05) is 33.2 Å². The highest BCUT2D eigenvalue weighted by Gasteiger charge is 2.14. The zero-order valence-corrected chi connectivity index (χ0v) is 23.3. The number of para-hydroxylation sites is 2. The average molecular weight is 551 g/mol. The molecule has 0 atom stereocenters. The lowest BCUT2D eigenvalue weighted by atomic mass is 10.0. The van der Waals surface area contributed by atoms with Crippen LogP contribution in [0.5, 0.6) is 0 Å². The van der Waals surface area contributed by atoms with Gasteiger partial charge in [0.15, 0.2) is 17.5 Å². The summed E-state index contributed by atoms with van der Waals surface area (Å²) in [7, 11) is 0. The van der Waals surface area contributed by atoms with Crippen molar-refractivity contribution in [2.75, 3.05) is 0 Å². The Morgan fingerprint density at radius 2 is 0.744 bits per heavy atom. The normalized spacial score (nSPS) is 11.3. The molecule has 0 aliphatic carbocycles. The lowest BCUT2D eigenvalue weighted by Crippen LogP contribution is -2.00. The van der Waals surface area contributed by atoms with Crippen LogP contribution in [0, 0.1) is 0 Å². The molecule has 4 heteroatoms. The molecule has 0 radical (unpaired) electrons. The van der Waals surface area contributed by atoms with Crippen molar-refractivity contribution in [2.45, 2.75) is 0 Å². The van der Waals surface area contributed by atoms with Gasteiger partial charge in [0.25, 0.3) is 0 Å². The third-order valence-corrected chi connectivity index (χ3v) is 7.86. The highest BCUT2D eigenvalue weighted by molar-refractivity contribution is 6.09. The molecular weight excluding hydrogens is 524 g/mol. The van der Waals surface area contributed by atoms with E-state index in [0.717, 1.165) is 33.5 Å². The number of hydrogen-bond donors (Lipinski definition) is 0. The molecule has 0 N–H and O–H groups in total. The number of nitrogens with zero attached hydrogens (tertiary/aromatic N) is 4. The first-order valence-electron chi connectivity index (χ1n) is 14.4. The van der Waals surface area contributed by atoms with Crippen LogP contribution in [0.4, 0.5) is 0 Å². The third-order valence-electron chi connectivity index (χ3n) is 7.86. The molecule has 0 bridgehead atoms. The van der Waals surface area contributed by atoms with Crippen LogP contribution in [-0.4, -0.2) is 19.5 Å². The Balaban J connectivity index is 1.19. The zero-order valence-electron chi connectivity index (χ0n) is 23.3. The Hall–Kier alpha value is -5.87. The standard InChI is InChI=1S/C39H26N4/c1-3-12-28(13-4-1)37-40-38(29-14-5-2-6-15-29)42-39(41-37)30-24-22-27(23-25-30)31-16-11-17-32(26-31)43-35-20-9-7-18-33(35)34-19-8-10-21-36(34)43/h1-26H. The van der Waals surface area contributed by atoms with E-state index in [2.05, 4.69) is 102 Å². The number of rotatable bonds is 5. The fourth-order valence-corrected chi connectivity index (χ4v) is 5.77. The molecule has 4 nitrogen and oxygen atoms in total. The molecule has 0 fully saturated rings. The smallest absolute Gasteiger partial charge is 0.164 e. The van der Waals surface area contributed by atoms with E-state index in [1.807, 2.05) is 60.7 Å². The van der Waals surface area contributed by atoms with E-state index in [9.17, 15) is 0 Å². The SMILES string of the molecule is c1ccc(-c2nc(-c3ccccc3)nc(-c3ccc(-c4cccc(-n5c6ccccc6c6ccccc65)c4)cc3)n2)cc1. The minimum atomic E-state index is 0.651. The van der Waals surface area contributed by atoms with Gasteiger partial charge in [0.1, 0.15) is 0 Å².